The molecule has 0 amide bonds. The van der Waals surface area contributed by atoms with Gasteiger partial charge in [-0.3, -0.25) is 4.90 Å². The van der Waals surface area contributed by atoms with E-state index in [4.69, 9.17) is 4.74 Å². The molecule has 1 aromatic heterocycles. The second-order valence-electron chi connectivity index (χ2n) is 4.89. The standard InChI is InChI=1S/C13H18F3N3O/c1-10(9-19-4-6-20-7-5-19)18-12-8-11(2-3-17-12)13(14,15)16/h2-3,8,10H,4-7,9H2,1H3,(H,17,18). The molecule has 1 unspecified atom stereocenters. The van der Waals surface area contributed by atoms with Gasteiger partial charge in [-0.15, -0.1) is 0 Å². The quantitative estimate of drug-likeness (QED) is 0.922. The van der Waals surface area contributed by atoms with Crippen LogP contribution in [-0.2, 0) is 10.9 Å². The zero-order valence-electron chi connectivity index (χ0n) is 11.3. The molecule has 1 aliphatic rings. The summed E-state index contributed by atoms with van der Waals surface area (Å²) in [5.41, 5.74) is -0.687. The van der Waals surface area contributed by atoms with Gasteiger partial charge in [0.25, 0.3) is 0 Å². The third kappa shape index (κ3) is 4.35. The number of morpholine rings is 1. The number of anilines is 1. The summed E-state index contributed by atoms with van der Waals surface area (Å²) in [5.74, 6) is 0.251. The topological polar surface area (TPSA) is 37.4 Å². The Hall–Kier alpha value is -1.34. The maximum atomic E-state index is 12.6. The summed E-state index contributed by atoms with van der Waals surface area (Å²) in [5, 5.41) is 3.01. The highest BCUT2D eigenvalue weighted by atomic mass is 19.4. The monoisotopic (exact) mass is 289 g/mol. The van der Waals surface area contributed by atoms with Gasteiger partial charge in [-0.25, -0.2) is 4.98 Å². The van der Waals surface area contributed by atoms with Gasteiger partial charge in [0.05, 0.1) is 18.8 Å². The normalized spacial score (nSPS) is 18.8. The molecule has 1 aliphatic heterocycles. The van der Waals surface area contributed by atoms with Crippen LogP contribution < -0.4 is 5.32 Å². The predicted octanol–water partition coefficient (Wildman–Crippen LogP) is 2.23. The van der Waals surface area contributed by atoms with Gasteiger partial charge in [-0.2, -0.15) is 13.2 Å². The van der Waals surface area contributed by atoms with Crippen molar-refractivity contribution >= 4 is 5.82 Å². The number of nitrogens with one attached hydrogen (secondary N) is 1. The van der Waals surface area contributed by atoms with E-state index in [9.17, 15) is 13.2 Å². The van der Waals surface area contributed by atoms with Gasteiger partial charge in [0, 0.05) is 31.9 Å². The molecule has 1 N–H and O–H groups in total. The van der Waals surface area contributed by atoms with E-state index in [1.807, 2.05) is 6.92 Å². The molecule has 2 heterocycles. The maximum absolute atomic E-state index is 12.6. The molecule has 1 aromatic rings. The Kier molecular flexibility index (Phi) is 4.82. The Bertz CT molecular complexity index is 433. The van der Waals surface area contributed by atoms with Crippen LogP contribution in [-0.4, -0.2) is 48.8 Å². The highest BCUT2D eigenvalue weighted by molar-refractivity contribution is 5.39. The third-order valence-electron chi connectivity index (χ3n) is 3.12. The first kappa shape index (κ1) is 15.1. The molecule has 7 heteroatoms. The first-order valence-corrected chi connectivity index (χ1v) is 6.55. The summed E-state index contributed by atoms with van der Waals surface area (Å²) in [6, 6.07) is 2.03. The largest absolute Gasteiger partial charge is 0.416 e. The molecule has 0 aromatic carbocycles. The van der Waals surface area contributed by atoms with Crippen molar-refractivity contribution in [3.63, 3.8) is 0 Å². The van der Waals surface area contributed by atoms with Crippen molar-refractivity contribution in [2.45, 2.75) is 19.1 Å². The molecule has 1 saturated heterocycles. The number of halogens is 3. The lowest BCUT2D eigenvalue weighted by atomic mass is 10.2. The molecule has 2 rings (SSSR count). The molecule has 112 valence electrons. The summed E-state index contributed by atoms with van der Waals surface area (Å²) >= 11 is 0. The van der Waals surface area contributed by atoms with Gasteiger partial charge in [0.1, 0.15) is 5.82 Å². The van der Waals surface area contributed by atoms with Crippen LogP contribution in [0, 0.1) is 0 Å². The van der Waals surface area contributed by atoms with Crippen LogP contribution in [0.4, 0.5) is 19.0 Å². The molecule has 0 radical (unpaired) electrons. The van der Waals surface area contributed by atoms with Crippen LogP contribution in [0.5, 0.6) is 0 Å². The van der Waals surface area contributed by atoms with E-state index in [1.165, 1.54) is 6.20 Å². The first-order chi connectivity index (χ1) is 9.45. The minimum atomic E-state index is -4.34. The first-order valence-electron chi connectivity index (χ1n) is 6.55. The minimum absolute atomic E-state index is 0.0177. The van der Waals surface area contributed by atoms with Crippen LogP contribution in [0.2, 0.25) is 0 Å². The van der Waals surface area contributed by atoms with Crippen molar-refractivity contribution in [3.8, 4) is 0 Å². The highest BCUT2D eigenvalue weighted by Crippen LogP contribution is 2.29. The van der Waals surface area contributed by atoms with Crippen molar-refractivity contribution in [1.29, 1.82) is 0 Å². The van der Waals surface area contributed by atoms with E-state index in [2.05, 4.69) is 15.2 Å². The summed E-state index contributed by atoms with van der Waals surface area (Å²) in [6.07, 6.45) is -3.17. The van der Waals surface area contributed by atoms with Crippen LogP contribution in [0.15, 0.2) is 18.3 Å². The lowest BCUT2D eigenvalue weighted by Crippen LogP contribution is -2.42. The lowest BCUT2D eigenvalue weighted by Gasteiger charge is -2.29. The molecule has 0 aliphatic carbocycles. The van der Waals surface area contributed by atoms with Crippen molar-refractivity contribution in [1.82, 2.24) is 9.88 Å². The molecular weight excluding hydrogens is 271 g/mol. The molecule has 1 fully saturated rings. The molecule has 1 atom stereocenters. The molecule has 0 spiro atoms. The zero-order valence-corrected chi connectivity index (χ0v) is 11.3. The number of rotatable bonds is 4. The second-order valence-corrected chi connectivity index (χ2v) is 4.89. The number of hydrogen-bond acceptors (Lipinski definition) is 4. The van der Waals surface area contributed by atoms with Gasteiger partial charge < -0.3 is 10.1 Å². The highest BCUT2D eigenvalue weighted by Gasteiger charge is 2.30. The van der Waals surface area contributed by atoms with E-state index >= 15 is 0 Å². The van der Waals surface area contributed by atoms with E-state index in [-0.39, 0.29) is 11.9 Å². The number of hydrogen-bond donors (Lipinski definition) is 1. The van der Waals surface area contributed by atoms with Crippen molar-refractivity contribution in [2.24, 2.45) is 0 Å². The minimum Gasteiger partial charge on any atom is -0.379 e. The third-order valence-corrected chi connectivity index (χ3v) is 3.12. The molecule has 4 nitrogen and oxygen atoms in total. The number of nitrogens with zero attached hydrogens (tertiary/aromatic N) is 2. The summed E-state index contributed by atoms with van der Waals surface area (Å²) in [6.45, 7) is 5.78. The second kappa shape index (κ2) is 6.41. The fourth-order valence-corrected chi connectivity index (χ4v) is 2.15. The van der Waals surface area contributed by atoms with Gasteiger partial charge in [-0.05, 0) is 19.1 Å². The number of alkyl halides is 3. The fourth-order valence-electron chi connectivity index (χ4n) is 2.15. The predicted molar refractivity (Wildman–Crippen MR) is 69.6 cm³/mol. The maximum Gasteiger partial charge on any atom is 0.416 e. The molecule has 0 saturated carbocycles. The Morgan fingerprint density at radius 3 is 2.75 bits per heavy atom. The number of ether oxygens (including phenoxy) is 1. The van der Waals surface area contributed by atoms with Crippen LogP contribution in [0.25, 0.3) is 0 Å². The fraction of sp³-hybridized carbons (Fsp3) is 0.615. The van der Waals surface area contributed by atoms with Crippen LogP contribution in [0.3, 0.4) is 0 Å². The van der Waals surface area contributed by atoms with Crippen LogP contribution >= 0.6 is 0 Å². The van der Waals surface area contributed by atoms with E-state index in [0.29, 0.717) is 13.2 Å². The Morgan fingerprint density at radius 1 is 1.40 bits per heavy atom. The van der Waals surface area contributed by atoms with E-state index in [1.54, 1.807) is 0 Å². The Morgan fingerprint density at radius 2 is 2.10 bits per heavy atom. The van der Waals surface area contributed by atoms with Crippen molar-refractivity contribution in [2.75, 3.05) is 38.2 Å². The molecule has 0 bridgehead atoms. The van der Waals surface area contributed by atoms with E-state index < -0.39 is 11.7 Å². The SMILES string of the molecule is CC(CN1CCOCC1)Nc1cc(C(F)(F)F)ccn1. The summed E-state index contributed by atoms with van der Waals surface area (Å²) in [4.78, 5) is 6.15. The van der Waals surface area contributed by atoms with Gasteiger partial charge in [-0.1, -0.05) is 0 Å². The van der Waals surface area contributed by atoms with Gasteiger partial charge in [0.15, 0.2) is 0 Å². The van der Waals surface area contributed by atoms with Crippen LogP contribution in [0.1, 0.15) is 12.5 Å². The summed E-state index contributed by atoms with van der Waals surface area (Å²) in [7, 11) is 0. The number of aromatic nitrogens is 1. The van der Waals surface area contributed by atoms with Crippen molar-refractivity contribution in [3.05, 3.63) is 23.9 Å². The Balaban J connectivity index is 1.92. The van der Waals surface area contributed by atoms with Gasteiger partial charge in [0.2, 0.25) is 0 Å². The smallest absolute Gasteiger partial charge is 0.379 e. The Labute approximate surface area is 115 Å². The average molecular weight is 289 g/mol. The summed E-state index contributed by atoms with van der Waals surface area (Å²) < 4.78 is 43.1. The van der Waals surface area contributed by atoms with Gasteiger partial charge >= 0.3 is 6.18 Å². The van der Waals surface area contributed by atoms with E-state index in [0.717, 1.165) is 31.8 Å². The molecule has 20 heavy (non-hydrogen) atoms. The zero-order chi connectivity index (χ0) is 14.6. The molecular formula is C13H18F3N3O. The average Bonchev–Trinajstić information content (AvgIpc) is 2.39. The number of pyridine rings is 1. The van der Waals surface area contributed by atoms with Crippen molar-refractivity contribution < 1.29 is 17.9 Å². The lowest BCUT2D eigenvalue weighted by molar-refractivity contribution is -0.137.